The minimum absolute atomic E-state index is 0.00271. The standard InChI is InChI=1S/C17H14F4N4O2S/c1-23-15-11(25(16(23)27)8-14(26)24-6-10(18)7-24)4-9(5-22-15)12-2-3-13(28-12)17(19,20)21/h2-5,10H,6-8H2,1H3. The van der Waals surface area contributed by atoms with Gasteiger partial charge in [-0.15, -0.1) is 11.3 Å². The van der Waals surface area contributed by atoms with Gasteiger partial charge in [0, 0.05) is 23.7 Å². The second-order valence-electron chi connectivity index (χ2n) is 6.55. The molecule has 0 N–H and O–H groups in total. The number of halogens is 4. The van der Waals surface area contributed by atoms with Gasteiger partial charge in [-0.05, 0) is 18.2 Å². The summed E-state index contributed by atoms with van der Waals surface area (Å²) in [5.74, 6) is -0.399. The van der Waals surface area contributed by atoms with Gasteiger partial charge in [-0.1, -0.05) is 0 Å². The fourth-order valence-corrected chi connectivity index (χ4v) is 3.93. The van der Waals surface area contributed by atoms with Crippen molar-refractivity contribution in [2.75, 3.05) is 13.1 Å². The van der Waals surface area contributed by atoms with Gasteiger partial charge in [-0.2, -0.15) is 13.2 Å². The smallest absolute Gasteiger partial charge is 0.335 e. The van der Waals surface area contributed by atoms with Crippen LogP contribution in [0, 0.1) is 0 Å². The molecule has 0 aromatic carbocycles. The van der Waals surface area contributed by atoms with E-state index in [-0.39, 0.29) is 19.6 Å². The summed E-state index contributed by atoms with van der Waals surface area (Å²) in [6.07, 6.45) is -4.10. The summed E-state index contributed by atoms with van der Waals surface area (Å²) in [7, 11) is 1.49. The molecule has 3 aromatic heterocycles. The number of nitrogens with zero attached hydrogens (tertiary/aromatic N) is 4. The van der Waals surface area contributed by atoms with E-state index in [9.17, 15) is 27.2 Å². The Hall–Kier alpha value is -2.69. The van der Waals surface area contributed by atoms with Crippen molar-refractivity contribution in [1.29, 1.82) is 0 Å². The molecule has 11 heteroatoms. The minimum atomic E-state index is -4.44. The molecule has 0 spiro atoms. The van der Waals surface area contributed by atoms with E-state index in [1.165, 1.54) is 39.4 Å². The molecular weight excluding hydrogens is 400 g/mol. The maximum Gasteiger partial charge on any atom is 0.425 e. The summed E-state index contributed by atoms with van der Waals surface area (Å²) in [6, 6.07) is 3.87. The average molecular weight is 414 g/mol. The van der Waals surface area contributed by atoms with Crippen molar-refractivity contribution in [1.82, 2.24) is 19.0 Å². The van der Waals surface area contributed by atoms with E-state index in [2.05, 4.69) is 4.98 Å². The Bertz CT molecular complexity index is 1120. The van der Waals surface area contributed by atoms with Crippen molar-refractivity contribution < 1.29 is 22.4 Å². The van der Waals surface area contributed by atoms with Gasteiger partial charge in [0.25, 0.3) is 0 Å². The zero-order valence-electron chi connectivity index (χ0n) is 14.5. The fourth-order valence-electron chi connectivity index (χ4n) is 3.07. The van der Waals surface area contributed by atoms with Gasteiger partial charge >= 0.3 is 11.9 Å². The number of thiophene rings is 1. The normalized spacial score (nSPS) is 15.2. The van der Waals surface area contributed by atoms with E-state index in [1.807, 2.05) is 0 Å². The van der Waals surface area contributed by atoms with E-state index in [1.54, 1.807) is 0 Å². The number of rotatable bonds is 3. The lowest BCUT2D eigenvalue weighted by molar-refractivity contribution is -0.138. The number of amides is 1. The van der Waals surface area contributed by atoms with E-state index in [4.69, 9.17) is 0 Å². The molecule has 148 valence electrons. The number of carbonyl (C=O) groups excluding carboxylic acids is 1. The molecule has 0 saturated carbocycles. The second-order valence-corrected chi connectivity index (χ2v) is 7.64. The Kier molecular flexibility index (Phi) is 4.29. The van der Waals surface area contributed by atoms with Crippen LogP contribution in [0.4, 0.5) is 17.6 Å². The molecule has 3 aromatic rings. The number of aromatic nitrogens is 3. The third kappa shape index (κ3) is 3.09. The highest BCUT2D eigenvalue weighted by Crippen LogP contribution is 2.38. The molecule has 0 aliphatic carbocycles. The van der Waals surface area contributed by atoms with Crippen LogP contribution in [-0.4, -0.2) is 44.2 Å². The van der Waals surface area contributed by atoms with Crippen molar-refractivity contribution in [3.8, 4) is 10.4 Å². The topological polar surface area (TPSA) is 60.1 Å². The SMILES string of the molecule is Cn1c(=O)n(CC(=O)N2CC(F)C2)c2cc(-c3ccc(C(F)(F)F)s3)cnc21. The van der Waals surface area contributed by atoms with Gasteiger partial charge in [0.15, 0.2) is 5.65 Å². The van der Waals surface area contributed by atoms with Crippen LogP contribution in [0.2, 0.25) is 0 Å². The Morgan fingerprint density at radius 2 is 2.04 bits per heavy atom. The molecule has 1 saturated heterocycles. The number of fused-ring (bicyclic) bond motifs is 1. The van der Waals surface area contributed by atoms with Crippen LogP contribution in [-0.2, 0) is 24.6 Å². The number of likely N-dealkylation sites (tertiary alicyclic amines) is 1. The molecule has 28 heavy (non-hydrogen) atoms. The number of carbonyl (C=O) groups is 1. The highest BCUT2D eigenvalue weighted by Gasteiger charge is 2.33. The summed E-state index contributed by atoms with van der Waals surface area (Å²) in [4.78, 5) is 29.9. The van der Waals surface area contributed by atoms with E-state index in [0.29, 0.717) is 32.9 Å². The van der Waals surface area contributed by atoms with Crippen LogP contribution >= 0.6 is 11.3 Å². The van der Waals surface area contributed by atoms with Crippen LogP contribution in [0.5, 0.6) is 0 Å². The maximum absolute atomic E-state index is 13.0. The minimum Gasteiger partial charge on any atom is -0.335 e. The molecule has 4 heterocycles. The highest BCUT2D eigenvalue weighted by atomic mass is 32.1. The van der Waals surface area contributed by atoms with Crippen LogP contribution in [0.3, 0.4) is 0 Å². The summed E-state index contributed by atoms with van der Waals surface area (Å²) >= 11 is 0.574. The third-order valence-corrected chi connectivity index (χ3v) is 5.81. The second kappa shape index (κ2) is 6.43. The first kappa shape index (κ1) is 18.7. The molecular formula is C17H14F4N4O2S. The molecule has 0 unspecified atom stereocenters. The van der Waals surface area contributed by atoms with Crippen LogP contribution in [0.25, 0.3) is 21.6 Å². The molecule has 1 aliphatic rings. The van der Waals surface area contributed by atoms with Crippen molar-refractivity contribution in [3.63, 3.8) is 0 Å². The van der Waals surface area contributed by atoms with E-state index in [0.717, 1.165) is 6.07 Å². The Balaban J connectivity index is 1.73. The number of imidazole rings is 1. The maximum atomic E-state index is 13.0. The predicted octanol–water partition coefficient (Wildman–Crippen LogP) is 2.66. The lowest BCUT2D eigenvalue weighted by Gasteiger charge is -2.34. The molecule has 6 nitrogen and oxygen atoms in total. The molecule has 1 amide bonds. The number of hydrogen-bond donors (Lipinski definition) is 0. The van der Waals surface area contributed by atoms with Gasteiger partial charge in [-0.3, -0.25) is 13.9 Å². The first-order valence-corrected chi connectivity index (χ1v) is 9.11. The van der Waals surface area contributed by atoms with Crippen LogP contribution < -0.4 is 5.69 Å². The molecule has 1 aliphatic heterocycles. The number of hydrogen-bond acceptors (Lipinski definition) is 4. The Morgan fingerprint density at radius 3 is 2.64 bits per heavy atom. The quantitative estimate of drug-likeness (QED) is 0.620. The van der Waals surface area contributed by atoms with Gasteiger partial charge in [0.05, 0.1) is 18.6 Å². The van der Waals surface area contributed by atoms with Gasteiger partial charge < -0.3 is 4.90 Å². The number of pyridine rings is 1. The lowest BCUT2D eigenvalue weighted by atomic mass is 10.2. The van der Waals surface area contributed by atoms with Gasteiger partial charge in [-0.25, -0.2) is 14.2 Å². The molecule has 0 bridgehead atoms. The van der Waals surface area contributed by atoms with Crippen LogP contribution in [0.1, 0.15) is 4.88 Å². The largest absolute Gasteiger partial charge is 0.425 e. The highest BCUT2D eigenvalue weighted by molar-refractivity contribution is 7.15. The third-order valence-electron chi connectivity index (χ3n) is 4.63. The fraction of sp³-hybridized carbons (Fsp3) is 0.353. The summed E-state index contributed by atoms with van der Waals surface area (Å²) in [5.41, 5.74) is 0.568. The van der Waals surface area contributed by atoms with Crippen molar-refractivity contribution in [2.24, 2.45) is 7.05 Å². The zero-order chi connectivity index (χ0) is 20.2. The molecule has 0 radical (unpaired) electrons. The first-order valence-electron chi connectivity index (χ1n) is 8.29. The van der Waals surface area contributed by atoms with Crippen LogP contribution in [0.15, 0.2) is 29.2 Å². The van der Waals surface area contributed by atoms with E-state index < -0.39 is 28.8 Å². The van der Waals surface area contributed by atoms with E-state index >= 15 is 0 Å². The lowest BCUT2D eigenvalue weighted by Crippen LogP contribution is -2.52. The average Bonchev–Trinajstić information content (AvgIpc) is 3.19. The Morgan fingerprint density at radius 1 is 1.32 bits per heavy atom. The zero-order valence-corrected chi connectivity index (χ0v) is 15.4. The Labute approximate surface area is 159 Å². The van der Waals surface area contributed by atoms with Crippen molar-refractivity contribution in [2.45, 2.75) is 18.9 Å². The van der Waals surface area contributed by atoms with Gasteiger partial charge in [0.2, 0.25) is 5.91 Å². The molecule has 0 atom stereocenters. The first-order chi connectivity index (χ1) is 13.1. The molecule has 1 fully saturated rings. The summed E-state index contributed by atoms with van der Waals surface area (Å²) < 4.78 is 54.0. The van der Waals surface area contributed by atoms with Crippen molar-refractivity contribution in [3.05, 3.63) is 39.8 Å². The summed E-state index contributed by atoms with van der Waals surface area (Å²) in [6.45, 7) is -0.291. The predicted molar refractivity (Wildman–Crippen MR) is 94.8 cm³/mol. The monoisotopic (exact) mass is 414 g/mol. The summed E-state index contributed by atoms with van der Waals surface area (Å²) in [5, 5.41) is 0. The number of alkyl halides is 4. The van der Waals surface area contributed by atoms with Gasteiger partial charge in [0.1, 0.15) is 17.6 Å². The molecule has 4 rings (SSSR count). The van der Waals surface area contributed by atoms with Crippen molar-refractivity contribution >= 4 is 28.4 Å². The number of aryl methyl sites for hydroxylation is 1.